The molecule has 0 bridgehead atoms. The van der Waals surface area contributed by atoms with Crippen LogP contribution in [-0.4, -0.2) is 46.2 Å². The van der Waals surface area contributed by atoms with Crippen LogP contribution in [0.15, 0.2) is 84.9 Å². The average molecular weight is 499 g/mol. The highest BCUT2D eigenvalue weighted by Gasteiger charge is 2.53. The number of imide groups is 1. The summed E-state index contributed by atoms with van der Waals surface area (Å²) in [5.41, 5.74) is 1.19. The number of urea groups is 1. The molecule has 1 saturated heterocycles. The molecule has 36 heavy (non-hydrogen) atoms. The Morgan fingerprint density at radius 1 is 1.00 bits per heavy atom. The van der Waals surface area contributed by atoms with Crippen molar-refractivity contribution in [3.05, 3.63) is 101 Å². The van der Waals surface area contributed by atoms with E-state index in [-0.39, 0.29) is 24.9 Å². The van der Waals surface area contributed by atoms with E-state index in [9.17, 15) is 14.4 Å². The number of nitrogens with one attached hydrogen (secondary N) is 1. The minimum absolute atomic E-state index is 0.283. The minimum atomic E-state index is -1.28. The number of carbonyl (C=O) groups is 3. The van der Waals surface area contributed by atoms with Crippen LogP contribution in [0.2, 0.25) is 0 Å². The molecule has 1 aliphatic rings. The first-order valence-electron chi connectivity index (χ1n) is 11.7. The Morgan fingerprint density at radius 2 is 1.64 bits per heavy atom. The zero-order valence-electron chi connectivity index (χ0n) is 20.0. The van der Waals surface area contributed by atoms with E-state index < -0.39 is 17.5 Å². The number of para-hydroxylation sites is 1. The largest absolute Gasteiger partial charge is 0.335 e. The molecule has 3 aromatic carbocycles. The van der Waals surface area contributed by atoms with Crippen molar-refractivity contribution >= 4 is 39.4 Å². The SMILES string of the molecule is CC(c1nc2ccccc2s1)N(C)C(=O)CN1C(=O)NC(Cc2ccccc2)(c2ccccc2)C1=O. The summed E-state index contributed by atoms with van der Waals surface area (Å²) < 4.78 is 1.04. The number of aromatic nitrogens is 1. The molecule has 8 heteroatoms. The van der Waals surface area contributed by atoms with Crippen molar-refractivity contribution in [2.24, 2.45) is 0 Å². The third-order valence-corrected chi connectivity index (χ3v) is 7.90. The normalized spacial score (nSPS) is 18.3. The number of hydrogen-bond acceptors (Lipinski definition) is 5. The number of nitrogens with zero attached hydrogens (tertiary/aromatic N) is 3. The van der Waals surface area contributed by atoms with E-state index in [4.69, 9.17) is 0 Å². The standard InChI is InChI=1S/C28H26N4O3S/c1-19(25-29-22-15-9-10-16-23(22)36-25)31(2)24(33)18-32-26(34)28(30-27(32)35,21-13-7-4-8-14-21)17-20-11-5-3-6-12-20/h3-16,19H,17-18H2,1-2H3,(H,30,35). The van der Waals surface area contributed by atoms with Crippen LogP contribution < -0.4 is 5.32 Å². The summed E-state index contributed by atoms with van der Waals surface area (Å²) >= 11 is 1.53. The predicted molar refractivity (Wildman–Crippen MR) is 139 cm³/mol. The van der Waals surface area contributed by atoms with Crippen LogP contribution in [0.1, 0.15) is 29.1 Å². The van der Waals surface area contributed by atoms with Gasteiger partial charge in [-0.05, 0) is 30.2 Å². The Bertz CT molecular complexity index is 1390. The van der Waals surface area contributed by atoms with Crippen LogP contribution in [0.4, 0.5) is 4.79 Å². The van der Waals surface area contributed by atoms with Gasteiger partial charge in [0, 0.05) is 13.5 Å². The van der Waals surface area contributed by atoms with Gasteiger partial charge in [0.05, 0.1) is 16.3 Å². The molecule has 7 nitrogen and oxygen atoms in total. The molecule has 5 rings (SSSR count). The summed E-state index contributed by atoms with van der Waals surface area (Å²) in [6.07, 6.45) is 0.283. The summed E-state index contributed by atoms with van der Waals surface area (Å²) in [5, 5.41) is 3.71. The van der Waals surface area contributed by atoms with Crippen molar-refractivity contribution in [1.82, 2.24) is 20.1 Å². The highest BCUT2D eigenvalue weighted by Crippen LogP contribution is 2.34. The fourth-order valence-electron chi connectivity index (χ4n) is 4.51. The van der Waals surface area contributed by atoms with E-state index in [1.54, 1.807) is 7.05 Å². The molecule has 182 valence electrons. The maximum Gasteiger partial charge on any atom is 0.325 e. The van der Waals surface area contributed by atoms with Crippen LogP contribution in [0.25, 0.3) is 10.2 Å². The van der Waals surface area contributed by atoms with Crippen molar-refractivity contribution in [3.63, 3.8) is 0 Å². The smallest absolute Gasteiger partial charge is 0.325 e. The number of amides is 4. The lowest BCUT2D eigenvalue weighted by Gasteiger charge is -2.28. The van der Waals surface area contributed by atoms with Gasteiger partial charge in [0.25, 0.3) is 5.91 Å². The van der Waals surface area contributed by atoms with Gasteiger partial charge in [0.15, 0.2) is 5.54 Å². The van der Waals surface area contributed by atoms with Gasteiger partial charge in [-0.2, -0.15) is 0 Å². The topological polar surface area (TPSA) is 82.6 Å². The minimum Gasteiger partial charge on any atom is -0.335 e. The molecule has 2 heterocycles. The van der Waals surface area contributed by atoms with E-state index in [1.165, 1.54) is 16.2 Å². The van der Waals surface area contributed by atoms with Crippen molar-refractivity contribution in [3.8, 4) is 0 Å². The Morgan fingerprint density at radius 3 is 2.33 bits per heavy atom. The average Bonchev–Trinajstić information content (AvgIpc) is 3.44. The van der Waals surface area contributed by atoms with Crippen molar-refractivity contribution < 1.29 is 14.4 Å². The van der Waals surface area contributed by atoms with E-state index >= 15 is 0 Å². The van der Waals surface area contributed by atoms with E-state index in [1.807, 2.05) is 91.9 Å². The first-order chi connectivity index (χ1) is 17.4. The third-order valence-electron chi connectivity index (χ3n) is 6.69. The van der Waals surface area contributed by atoms with Crippen molar-refractivity contribution in [2.45, 2.75) is 24.9 Å². The molecule has 4 amide bonds. The highest BCUT2D eigenvalue weighted by atomic mass is 32.1. The number of fused-ring (bicyclic) bond motifs is 1. The summed E-state index contributed by atoms with van der Waals surface area (Å²) in [7, 11) is 1.67. The third kappa shape index (κ3) is 4.24. The van der Waals surface area contributed by atoms with Crippen LogP contribution >= 0.6 is 11.3 Å². The zero-order valence-corrected chi connectivity index (χ0v) is 20.9. The molecular weight excluding hydrogens is 472 g/mol. The van der Waals surface area contributed by atoms with Gasteiger partial charge in [0.2, 0.25) is 5.91 Å². The first-order valence-corrected chi connectivity index (χ1v) is 12.6. The summed E-state index contributed by atoms with van der Waals surface area (Å²) in [6, 6.07) is 25.7. The number of thiazole rings is 1. The summed E-state index contributed by atoms with van der Waals surface area (Å²) in [4.78, 5) is 47.4. The molecule has 2 unspecified atom stereocenters. The number of carbonyl (C=O) groups excluding carboxylic acids is 3. The van der Waals surface area contributed by atoms with Gasteiger partial charge in [-0.1, -0.05) is 72.8 Å². The van der Waals surface area contributed by atoms with E-state index in [0.29, 0.717) is 5.56 Å². The molecule has 1 fully saturated rings. The van der Waals surface area contributed by atoms with Crippen LogP contribution in [-0.2, 0) is 21.5 Å². The van der Waals surface area contributed by atoms with Gasteiger partial charge in [-0.15, -0.1) is 11.3 Å². The van der Waals surface area contributed by atoms with Crippen LogP contribution in [0.3, 0.4) is 0 Å². The van der Waals surface area contributed by atoms with Gasteiger partial charge in [-0.25, -0.2) is 9.78 Å². The Kier molecular flexibility index (Phi) is 6.28. The molecular formula is C28H26N4O3S. The lowest BCUT2D eigenvalue weighted by Crippen LogP contribution is -2.47. The fourth-order valence-corrected chi connectivity index (χ4v) is 5.57. The maximum absolute atomic E-state index is 13.8. The lowest BCUT2D eigenvalue weighted by atomic mass is 9.83. The second kappa shape index (κ2) is 9.54. The maximum atomic E-state index is 13.8. The summed E-state index contributed by atoms with van der Waals surface area (Å²) in [6.45, 7) is 1.55. The quantitative estimate of drug-likeness (QED) is 0.380. The van der Waals surface area contributed by atoms with Gasteiger partial charge in [0.1, 0.15) is 11.6 Å². The molecule has 0 aliphatic carbocycles. The Hall–Kier alpha value is -4.04. The number of benzene rings is 3. The monoisotopic (exact) mass is 498 g/mol. The molecule has 1 aromatic heterocycles. The fraction of sp³-hybridized carbons (Fsp3) is 0.214. The molecule has 0 radical (unpaired) electrons. The second-order valence-electron chi connectivity index (χ2n) is 8.96. The van der Waals surface area contributed by atoms with E-state index in [2.05, 4.69) is 10.3 Å². The zero-order chi connectivity index (χ0) is 25.3. The number of hydrogen-bond donors (Lipinski definition) is 1. The molecule has 4 aromatic rings. The highest BCUT2D eigenvalue weighted by molar-refractivity contribution is 7.18. The predicted octanol–water partition coefficient (Wildman–Crippen LogP) is 4.51. The molecule has 0 spiro atoms. The number of rotatable bonds is 7. The van der Waals surface area contributed by atoms with Gasteiger partial charge < -0.3 is 10.2 Å². The molecule has 1 N–H and O–H groups in total. The summed E-state index contributed by atoms with van der Waals surface area (Å²) in [5.74, 6) is -0.772. The second-order valence-corrected chi connectivity index (χ2v) is 10.0. The first kappa shape index (κ1) is 23.7. The lowest BCUT2D eigenvalue weighted by molar-refractivity contribution is -0.139. The number of likely N-dealkylation sites (N-methyl/N-ethyl adjacent to an activating group) is 1. The Balaban J connectivity index is 1.39. The van der Waals surface area contributed by atoms with Gasteiger partial charge >= 0.3 is 6.03 Å². The molecule has 0 saturated carbocycles. The van der Waals surface area contributed by atoms with Gasteiger partial charge in [-0.3, -0.25) is 14.5 Å². The van der Waals surface area contributed by atoms with Crippen LogP contribution in [0.5, 0.6) is 0 Å². The van der Waals surface area contributed by atoms with Crippen molar-refractivity contribution in [2.75, 3.05) is 13.6 Å². The molecule has 2 atom stereocenters. The molecule has 1 aliphatic heterocycles. The van der Waals surface area contributed by atoms with E-state index in [0.717, 1.165) is 25.7 Å². The van der Waals surface area contributed by atoms with Crippen molar-refractivity contribution in [1.29, 1.82) is 0 Å². The Labute approximate surface area is 213 Å². The van der Waals surface area contributed by atoms with Crippen LogP contribution in [0, 0.1) is 0 Å².